The normalized spacial score (nSPS) is 12.7. The molecule has 5 nitrogen and oxygen atoms in total. The second-order valence-corrected chi connectivity index (χ2v) is 5.78. The molecule has 1 unspecified atom stereocenters. The molecule has 0 spiro atoms. The highest BCUT2D eigenvalue weighted by atomic mass is 16.2. The second-order valence-electron chi connectivity index (χ2n) is 5.78. The molecule has 0 radical (unpaired) electrons. The van der Waals surface area contributed by atoms with E-state index in [1.54, 1.807) is 14.0 Å². The van der Waals surface area contributed by atoms with Crippen molar-refractivity contribution in [3.63, 3.8) is 0 Å². The van der Waals surface area contributed by atoms with Crippen molar-refractivity contribution < 1.29 is 9.59 Å². The molecule has 1 rings (SSSR count). The summed E-state index contributed by atoms with van der Waals surface area (Å²) in [5.74, 6) is -0.237. The Labute approximate surface area is 146 Å². The summed E-state index contributed by atoms with van der Waals surface area (Å²) in [5.41, 5.74) is 1.95. The molecule has 0 aliphatic heterocycles. The van der Waals surface area contributed by atoms with Crippen molar-refractivity contribution in [3.8, 4) is 0 Å². The molecule has 1 aromatic carbocycles. The molecular weight excluding hydrogens is 302 g/mol. The zero-order valence-electron chi connectivity index (χ0n) is 16.1. The van der Waals surface area contributed by atoms with Crippen LogP contribution in [0.15, 0.2) is 24.3 Å². The van der Waals surface area contributed by atoms with Crippen molar-refractivity contribution in [1.29, 1.82) is 0 Å². The highest BCUT2D eigenvalue weighted by Gasteiger charge is 2.23. The van der Waals surface area contributed by atoms with Gasteiger partial charge in [0, 0.05) is 5.69 Å². The SMILES string of the molecule is CC.CCc1ccc(NC(=O)[C@H](C)NC(=O)C(NC)C(C)C)cc1. The van der Waals surface area contributed by atoms with Gasteiger partial charge in [0.25, 0.3) is 0 Å². The van der Waals surface area contributed by atoms with Crippen molar-refractivity contribution >= 4 is 17.5 Å². The van der Waals surface area contributed by atoms with Gasteiger partial charge in [-0.05, 0) is 44.0 Å². The van der Waals surface area contributed by atoms with E-state index in [1.807, 2.05) is 52.0 Å². The number of rotatable bonds is 7. The largest absolute Gasteiger partial charge is 0.343 e. The zero-order valence-corrected chi connectivity index (χ0v) is 16.1. The van der Waals surface area contributed by atoms with Gasteiger partial charge in [0.1, 0.15) is 6.04 Å². The lowest BCUT2D eigenvalue weighted by molar-refractivity contribution is -0.128. The fraction of sp³-hybridized carbons (Fsp3) is 0.579. The van der Waals surface area contributed by atoms with Crippen LogP contribution in [-0.4, -0.2) is 30.9 Å². The lowest BCUT2D eigenvalue weighted by atomic mass is 10.0. The van der Waals surface area contributed by atoms with E-state index >= 15 is 0 Å². The maximum atomic E-state index is 12.1. The molecule has 0 fully saturated rings. The van der Waals surface area contributed by atoms with Crippen molar-refractivity contribution in [1.82, 2.24) is 10.6 Å². The fourth-order valence-electron chi connectivity index (χ4n) is 2.21. The number of amides is 2. The lowest BCUT2D eigenvalue weighted by Gasteiger charge is -2.22. The highest BCUT2D eigenvalue weighted by Crippen LogP contribution is 2.10. The summed E-state index contributed by atoms with van der Waals surface area (Å²) >= 11 is 0. The van der Waals surface area contributed by atoms with Crippen LogP contribution in [0.4, 0.5) is 5.69 Å². The summed E-state index contributed by atoms with van der Waals surface area (Å²) in [6, 6.07) is 6.81. The number of carbonyl (C=O) groups is 2. The van der Waals surface area contributed by atoms with Crippen LogP contribution in [0.5, 0.6) is 0 Å². The fourth-order valence-corrected chi connectivity index (χ4v) is 2.21. The third-order valence-electron chi connectivity index (χ3n) is 3.64. The van der Waals surface area contributed by atoms with Gasteiger partial charge in [-0.3, -0.25) is 9.59 Å². The highest BCUT2D eigenvalue weighted by molar-refractivity contribution is 5.97. The molecule has 0 heterocycles. The number of hydrogen-bond donors (Lipinski definition) is 3. The van der Waals surface area contributed by atoms with Crippen LogP contribution >= 0.6 is 0 Å². The zero-order chi connectivity index (χ0) is 18.7. The predicted octanol–water partition coefficient (Wildman–Crippen LogP) is 2.96. The Bertz CT molecular complexity index is 498. The first-order valence-corrected chi connectivity index (χ1v) is 8.76. The molecule has 3 N–H and O–H groups in total. The molecule has 1 aromatic rings. The Morgan fingerprint density at radius 2 is 1.54 bits per heavy atom. The van der Waals surface area contributed by atoms with Crippen molar-refractivity contribution in [2.45, 2.75) is 60.0 Å². The van der Waals surface area contributed by atoms with E-state index in [9.17, 15) is 9.59 Å². The number of nitrogens with one attached hydrogen (secondary N) is 3. The van der Waals surface area contributed by atoms with Gasteiger partial charge >= 0.3 is 0 Å². The summed E-state index contributed by atoms with van der Waals surface area (Å²) in [6.45, 7) is 11.7. The molecule has 5 heteroatoms. The van der Waals surface area contributed by atoms with Crippen LogP contribution in [-0.2, 0) is 16.0 Å². The first-order chi connectivity index (χ1) is 11.4. The van der Waals surface area contributed by atoms with E-state index in [1.165, 1.54) is 5.56 Å². The molecule has 136 valence electrons. The maximum Gasteiger partial charge on any atom is 0.246 e. The Balaban J connectivity index is 0.00000254. The second kappa shape index (κ2) is 11.6. The van der Waals surface area contributed by atoms with Crippen LogP contribution in [0, 0.1) is 5.92 Å². The Kier molecular flexibility index (Phi) is 10.7. The molecule has 0 saturated carbocycles. The van der Waals surface area contributed by atoms with Crippen LogP contribution in [0.25, 0.3) is 0 Å². The molecule has 0 aliphatic rings. The minimum atomic E-state index is -0.590. The van der Waals surface area contributed by atoms with E-state index in [0.29, 0.717) is 0 Å². The molecule has 0 aromatic heterocycles. The van der Waals surface area contributed by atoms with Gasteiger partial charge in [0.05, 0.1) is 6.04 Å². The van der Waals surface area contributed by atoms with Crippen molar-refractivity contribution in [3.05, 3.63) is 29.8 Å². The summed E-state index contributed by atoms with van der Waals surface area (Å²) in [5, 5.41) is 8.52. The molecule has 24 heavy (non-hydrogen) atoms. The third-order valence-corrected chi connectivity index (χ3v) is 3.64. The van der Waals surface area contributed by atoms with Gasteiger partial charge in [-0.1, -0.05) is 46.8 Å². The van der Waals surface area contributed by atoms with E-state index < -0.39 is 6.04 Å². The third kappa shape index (κ3) is 7.13. The van der Waals surface area contributed by atoms with Crippen molar-refractivity contribution in [2.75, 3.05) is 12.4 Å². The van der Waals surface area contributed by atoms with Gasteiger partial charge in [-0.2, -0.15) is 0 Å². The van der Waals surface area contributed by atoms with Crippen LogP contribution < -0.4 is 16.0 Å². The number of anilines is 1. The number of carbonyl (C=O) groups excluding carboxylic acids is 2. The minimum Gasteiger partial charge on any atom is -0.343 e. The molecular formula is C19H33N3O2. The quantitative estimate of drug-likeness (QED) is 0.717. The maximum absolute atomic E-state index is 12.1. The van der Waals surface area contributed by atoms with E-state index in [-0.39, 0.29) is 23.8 Å². The van der Waals surface area contributed by atoms with Crippen LogP contribution in [0.1, 0.15) is 47.1 Å². The number of hydrogen-bond acceptors (Lipinski definition) is 3. The number of likely N-dealkylation sites (N-methyl/N-ethyl adjacent to an activating group) is 1. The van der Waals surface area contributed by atoms with Crippen molar-refractivity contribution in [2.24, 2.45) is 5.92 Å². The average molecular weight is 335 g/mol. The Morgan fingerprint density at radius 3 is 1.96 bits per heavy atom. The molecule has 0 bridgehead atoms. The summed E-state index contributed by atoms with van der Waals surface area (Å²) in [7, 11) is 1.74. The van der Waals surface area contributed by atoms with E-state index in [0.717, 1.165) is 12.1 Å². The molecule has 2 amide bonds. The average Bonchev–Trinajstić information content (AvgIpc) is 2.57. The van der Waals surface area contributed by atoms with E-state index in [4.69, 9.17) is 0 Å². The lowest BCUT2D eigenvalue weighted by Crippen LogP contribution is -2.51. The number of aryl methyl sites for hydroxylation is 1. The summed E-state index contributed by atoms with van der Waals surface area (Å²) in [6.07, 6.45) is 0.960. The monoisotopic (exact) mass is 335 g/mol. The smallest absolute Gasteiger partial charge is 0.246 e. The van der Waals surface area contributed by atoms with Crippen LogP contribution in [0.2, 0.25) is 0 Å². The van der Waals surface area contributed by atoms with Crippen LogP contribution in [0.3, 0.4) is 0 Å². The predicted molar refractivity (Wildman–Crippen MR) is 101 cm³/mol. The van der Waals surface area contributed by atoms with Gasteiger partial charge in [0.15, 0.2) is 0 Å². The topological polar surface area (TPSA) is 70.2 Å². The Morgan fingerprint density at radius 1 is 1.00 bits per heavy atom. The van der Waals surface area contributed by atoms with Gasteiger partial charge in [-0.25, -0.2) is 0 Å². The minimum absolute atomic E-state index is 0.154. The molecule has 0 saturated heterocycles. The van der Waals surface area contributed by atoms with Gasteiger partial charge < -0.3 is 16.0 Å². The van der Waals surface area contributed by atoms with E-state index in [2.05, 4.69) is 22.9 Å². The summed E-state index contributed by atoms with van der Waals surface area (Å²) < 4.78 is 0. The first-order valence-electron chi connectivity index (χ1n) is 8.76. The Hall–Kier alpha value is -1.88. The molecule has 0 aliphatic carbocycles. The number of benzene rings is 1. The molecule has 2 atom stereocenters. The van der Waals surface area contributed by atoms with Gasteiger partial charge in [-0.15, -0.1) is 0 Å². The first kappa shape index (κ1) is 22.1. The van der Waals surface area contributed by atoms with Gasteiger partial charge in [0.2, 0.25) is 11.8 Å². The summed E-state index contributed by atoms with van der Waals surface area (Å²) in [4.78, 5) is 24.2. The standard InChI is InChI=1S/C17H27N3O2.C2H6/c1-6-13-7-9-14(10-8-13)20-16(21)12(4)19-17(22)15(18-5)11(2)3;1-2/h7-12,15,18H,6H2,1-5H3,(H,19,22)(H,20,21);1-2H3/t12-,15?;/m0./s1.